The van der Waals surface area contributed by atoms with E-state index in [1.54, 1.807) is 36.4 Å². The predicted molar refractivity (Wildman–Crippen MR) is 114 cm³/mol. The lowest BCUT2D eigenvalue weighted by Crippen LogP contribution is -2.07. The van der Waals surface area contributed by atoms with Crippen LogP contribution in [-0.4, -0.2) is 23.3 Å². The van der Waals surface area contributed by atoms with E-state index in [0.717, 1.165) is 0 Å². The largest absolute Gasteiger partial charge is 0.497 e. The topological polar surface area (TPSA) is 76.0 Å². The fraction of sp³-hybridized carbons (Fsp3) is 0.240. The summed E-state index contributed by atoms with van der Waals surface area (Å²) >= 11 is 0. The van der Waals surface area contributed by atoms with Crippen LogP contribution in [0.1, 0.15) is 41.7 Å². The molecular weight excluding hydrogens is 418 g/mol. The van der Waals surface area contributed by atoms with Crippen LogP contribution in [0.2, 0.25) is 0 Å². The van der Waals surface area contributed by atoms with Crippen molar-refractivity contribution in [1.29, 1.82) is 0 Å². The second-order valence-electron chi connectivity index (χ2n) is 7.67. The Morgan fingerprint density at radius 3 is 2.66 bits per heavy atom. The fourth-order valence-electron chi connectivity index (χ4n) is 4.03. The summed E-state index contributed by atoms with van der Waals surface area (Å²) in [6, 6.07) is 14.1. The third kappa shape index (κ3) is 4.29. The van der Waals surface area contributed by atoms with Gasteiger partial charge in [0.2, 0.25) is 0 Å². The molecule has 166 valence electrons. The minimum atomic E-state index is -1.15. The van der Waals surface area contributed by atoms with Gasteiger partial charge in [0.15, 0.2) is 0 Å². The average Bonchev–Trinajstić information content (AvgIpc) is 3.18. The molecule has 3 aromatic carbocycles. The third-order valence-electron chi connectivity index (χ3n) is 5.64. The van der Waals surface area contributed by atoms with Gasteiger partial charge in [-0.05, 0) is 59.9 Å². The molecule has 4 rings (SSSR count). The second kappa shape index (κ2) is 8.96. The number of hydrogen-bond donors (Lipinski definition) is 2. The molecule has 1 aliphatic rings. The van der Waals surface area contributed by atoms with Gasteiger partial charge in [0.25, 0.3) is 0 Å². The summed E-state index contributed by atoms with van der Waals surface area (Å²) in [5.41, 5.74) is 1.90. The summed E-state index contributed by atoms with van der Waals surface area (Å²) in [5, 5.41) is 18.9. The predicted octanol–water partition coefficient (Wildman–Crippen LogP) is 5.21. The number of methoxy groups -OCH3 is 1. The van der Waals surface area contributed by atoms with Gasteiger partial charge in [-0.3, -0.25) is 4.79 Å². The Balaban J connectivity index is 1.60. The maximum atomic E-state index is 15.3. The van der Waals surface area contributed by atoms with Crippen LogP contribution in [0.15, 0.2) is 54.6 Å². The van der Waals surface area contributed by atoms with Crippen molar-refractivity contribution in [2.24, 2.45) is 0 Å². The van der Waals surface area contributed by atoms with Gasteiger partial charge in [-0.2, -0.15) is 0 Å². The van der Waals surface area contributed by atoms with Crippen LogP contribution in [0, 0.1) is 11.6 Å². The van der Waals surface area contributed by atoms with Crippen LogP contribution in [-0.2, 0) is 11.2 Å². The van der Waals surface area contributed by atoms with Gasteiger partial charge in [-0.1, -0.05) is 24.3 Å². The van der Waals surface area contributed by atoms with Crippen molar-refractivity contribution in [2.45, 2.75) is 31.5 Å². The molecule has 32 heavy (non-hydrogen) atoms. The summed E-state index contributed by atoms with van der Waals surface area (Å²) in [6.07, 6.45) is -0.991. The zero-order chi connectivity index (χ0) is 22.8. The highest BCUT2D eigenvalue weighted by molar-refractivity contribution is 5.69. The molecule has 0 saturated carbocycles. The van der Waals surface area contributed by atoms with Gasteiger partial charge in [0, 0.05) is 11.1 Å². The monoisotopic (exact) mass is 440 g/mol. The smallest absolute Gasteiger partial charge is 0.306 e. The number of aliphatic hydroxyl groups is 1. The molecule has 3 aromatic rings. The van der Waals surface area contributed by atoms with Crippen molar-refractivity contribution in [3.05, 3.63) is 82.9 Å². The maximum absolute atomic E-state index is 15.3. The quantitative estimate of drug-likeness (QED) is 0.527. The number of benzene rings is 3. The highest BCUT2D eigenvalue weighted by Gasteiger charge is 2.29. The Morgan fingerprint density at radius 2 is 1.91 bits per heavy atom. The first-order valence-corrected chi connectivity index (χ1v) is 10.2. The molecule has 5 nitrogen and oxygen atoms in total. The van der Waals surface area contributed by atoms with Gasteiger partial charge in [0.1, 0.15) is 29.2 Å². The SMILES string of the molecule is COc1ccc(F)c(-c2ccc3c(c2F)CC[C@H]3Oc2cccc([C@H](O)CC(=O)O)c2)c1. The van der Waals surface area contributed by atoms with E-state index >= 15 is 4.39 Å². The molecule has 0 spiro atoms. The Hall–Kier alpha value is -3.45. The lowest BCUT2D eigenvalue weighted by atomic mass is 9.98. The van der Waals surface area contributed by atoms with Crippen LogP contribution < -0.4 is 9.47 Å². The molecule has 0 fully saturated rings. The number of rotatable bonds is 7. The molecule has 0 amide bonds. The summed E-state index contributed by atoms with van der Waals surface area (Å²) in [5.74, 6) is -1.23. The van der Waals surface area contributed by atoms with Crippen LogP contribution in [0.5, 0.6) is 11.5 Å². The maximum Gasteiger partial charge on any atom is 0.306 e. The van der Waals surface area contributed by atoms with Crippen molar-refractivity contribution in [3.63, 3.8) is 0 Å². The van der Waals surface area contributed by atoms with E-state index in [4.69, 9.17) is 14.6 Å². The molecule has 0 bridgehead atoms. The molecule has 0 aliphatic heterocycles. The normalized spacial score (nSPS) is 15.8. The van der Waals surface area contributed by atoms with Crippen molar-refractivity contribution in [2.75, 3.05) is 7.11 Å². The number of aliphatic hydroxyl groups excluding tert-OH is 1. The number of ether oxygens (including phenoxy) is 2. The summed E-state index contributed by atoms with van der Waals surface area (Å²) in [6.45, 7) is 0. The first-order valence-electron chi connectivity index (χ1n) is 10.2. The van der Waals surface area contributed by atoms with Crippen molar-refractivity contribution >= 4 is 5.97 Å². The van der Waals surface area contributed by atoms with Gasteiger partial charge >= 0.3 is 5.97 Å². The number of aliphatic carboxylic acids is 1. The first-order chi connectivity index (χ1) is 15.4. The van der Waals surface area contributed by atoms with Crippen molar-refractivity contribution < 1.29 is 33.3 Å². The van der Waals surface area contributed by atoms with E-state index in [9.17, 15) is 14.3 Å². The Morgan fingerprint density at radius 1 is 1.09 bits per heavy atom. The van der Waals surface area contributed by atoms with Crippen LogP contribution in [0.25, 0.3) is 11.1 Å². The van der Waals surface area contributed by atoms with Gasteiger partial charge in [-0.15, -0.1) is 0 Å². The molecule has 7 heteroatoms. The Kier molecular flexibility index (Phi) is 6.10. The van der Waals surface area contributed by atoms with Crippen molar-refractivity contribution in [3.8, 4) is 22.6 Å². The molecule has 0 heterocycles. The molecule has 0 aromatic heterocycles. The number of carboxylic acid groups (broad SMARTS) is 1. The number of carboxylic acids is 1. The van der Waals surface area contributed by atoms with E-state index in [0.29, 0.717) is 41.0 Å². The van der Waals surface area contributed by atoms with Crippen LogP contribution in [0.4, 0.5) is 8.78 Å². The number of carbonyl (C=O) groups is 1. The molecule has 0 unspecified atom stereocenters. The summed E-state index contributed by atoms with van der Waals surface area (Å²) < 4.78 is 40.9. The van der Waals surface area contributed by atoms with E-state index in [2.05, 4.69) is 0 Å². The Labute approximate surface area is 183 Å². The van der Waals surface area contributed by atoms with Crippen LogP contribution in [0.3, 0.4) is 0 Å². The number of hydrogen-bond acceptors (Lipinski definition) is 4. The summed E-state index contributed by atoms with van der Waals surface area (Å²) in [4.78, 5) is 10.8. The minimum absolute atomic E-state index is 0.133. The lowest BCUT2D eigenvalue weighted by Gasteiger charge is -2.17. The third-order valence-corrected chi connectivity index (χ3v) is 5.64. The van der Waals surface area contributed by atoms with E-state index in [-0.39, 0.29) is 11.1 Å². The molecule has 0 saturated heterocycles. The second-order valence-corrected chi connectivity index (χ2v) is 7.67. The standard InChI is InChI=1S/C25H22F2O5/c1-31-15-5-9-21(26)20(12-15)19-7-6-17-18(25(19)27)8-10-23(17)32-16-4-2-3-14(11-16)22(28)13-24(29)30/h2-7,9,11-12,22-23,28H,8,10,13H2,1H3,(H,29,30)/t22-,23-/m1/s1. The summed E-state index contributed by atoms with van der Waals surface area (Å²) in [7, 11) is 1.47. The minimum Gasteiger partial charge on any atom is -0.497 e. The average molecular weight is 440 g/mol. The van der Waals surface area contributed by atoms with Crippen LogP contribution >= 0.6 is 0 Å². The first kappa shape index (κ1) is 21.8. The molecule has 2 atom stereocenters. The fourth-order valence-corrected chi connectivity index (χ4v) is 4.03. The molecule has 0 radical (unpaired) electrons. The molecule has 1 aliphatic carbocycles. The van der Waals surface area contributed by atoms with Gasteiger partial charge in [-0.25, -0.2) is 8.78 Å². The lowest BCUT2D eigenvalue weighted by molar-refractivity contribution is -0.139. The number of halogens is 2. The molecular formula is C25H22F2O5. The number of fused-ring (bicyclic) bond motifs is 1. The van der Waals surface area contributed by atoms with E-state index in [1.807, 2.05) is 0 Å². The van der Waals surface area contributed by atoms with E-state index < -0.39 is 36.2 Å². The van der Waals surface area contributed by atoms with Gasteiger partial charge in [0.05, 0.1) is 19.6 Å². The zero-order valence-corrected chi connectivity index (χ0v) is 17.3. The van der Waals surface area contributed by atoms with Crippen molar-refractivity contribution in [1.82, 2.24) is 0 Å². The highest BCUT2D eigenvalue weighted by atomic mass is 19.1. The molecule has 2 N–H and O–H groups in total. The van der Waals surface area contributed by atoms with Gasteiger partial charge < -0.3 is 19.7 Å². The highest BCUT2D eigenvalue weighted by Crippen LogP contribution is 2.40. The van der Waals surface area contributed by atoms with E-state index in [1.165, 1.54) is 25.3 Å². The Bertz CT molecular complexity index is 1160. The zero-order valence-electron chi connectivity index (χ0n) is 17.3.